The number of rotatable bonds is 2. The van der Waals surface area contributed by atoms with Crippen LogP contribution in [-0.4, -0.2) is 7.11 Å². The van der Waals surface area contributed by atoms with Crippen molar-refractivity contribution in [2.75, 3.05) is 7.11 Å². The molecule has 0 aromatic heterocycles. The highest BCUT2D eigenvalue weighted by atomic mass is 79.9. The zero-order chi connectivity index (χ0) is 10.9. The SMILES string of the molecule is COc1cc(C(C)(C)N)cc(Br)c1C. The van der Waals surface area contributed by atoms with Crippen LogP contribution in [-0.2, 0) is 5.54 Å². The molecule has 0 radical (unpaired) electrons. The van der Waals surface area contributed by atoms with Crippen LogP contribution in [0.1, 0.15) is 25.0 Å². The molecular formula is C11H16BrNO. The largest absolute Gasteiger partial charge is 0.496 e. The van der Waals surface area contributed by atoms with Gasteiger partial charge < -0.3 is 10.5 Å². The van der Waals surface area contributed by atoms with E-state index in [0.717, 1.165) is 21.3 Å². The van der Waals surface area contributed by atoms with E-state index in [2.05, 4.69) is 15.9 Å². The van der Waals surface area contributed by atoms with Crippen LogP contribution in [0.3, 0.4) is 0 Å². The standard InChI is InChI=1S/C11H16BrNO/c1-7-9(12)5-8(11(2,3)13)6-10(7)14-4/h5-6H,13H2,1-4H3. The lowest BCUT2D eigenvalue weighted by Gasteiger charge is -2.21. The van der Waals surface area contributed by atoms with Gasteiger partial charge >= 0.3 is 0 Å². The number of hydrogen-bond acceptors (Lipinski definition) is 2. The maximum absolute atomic E-state index is 6.02. The Labute approximate surface area is 93.6 Å². The van der Waals surface area contributed by atoms with E-state index in [1.54, 1.807) is 7.11 Å². The van der Waals surface area contributed by atoms with Crippen LogP contribution >= 0.6 is 15.9 Å². The summed E-state index contributed by atoms with van der Waals surface area (Å²) in [5.74, 6) is 0.868. The summed E-state index contributed by atoms with van der Waals surface area (Å²) in [5.41, 5.74) is 7.84. The van der Waals surface area contributed by atoms with Gasteiger partial charge in [-0.2, -0.15) is 0 Å². The quantitative estimate of drug-likeness (QED) is 0.885. The third kappa shape index (κ3) is 2.28. The Morgan fingerprint density at radius 2 is 1.93 bits per heavy atom. The van der Waals surface area contributed by atoms with Gasteiger partial charge in [0.1, 0.15) is 5.75 Å². The van der Waals surface area contributed by atoms with Crippen molar-refractivity contribution in [1.29, 1.82) is 0 Å². The van der Waals surface area contributed by atoms with Gasteiger partial charge in [-0.15, -0.1) is 0 Å². The lowest BCUT2D eigenvalue weighted by atomic mass is 9.94. The Bertz CT molecular complexity index is 342. The molecule has 0 spiro atoms. The molecule has 2 N–H and O–H groups in total. The fourth-order valence-corrected chi connectivity index (χ4v) is 1.68. The van der Waals surface area contributed by atoms with Crippen molar-refractivity contribution in [1.82, 2.24) is 0 Å². The van der Waals surface area contributed by atoms with Crippen LogP contribution in [0.2, 0.25) is 0 Å². The maximum Gasteiger partial charge on any atom is 0.123 e. The molecule has 0 aliphatic rings. The third-order valence-corrected chi connectivity index (χ3v) is 3.08. The molecule has 0 aliphatic heterocycles. The summed E-state index contributed by atoms with van der Waals surface area (Å²) in [5, 5.41) is 0. The highest BCUT2D eigenvalue weighted by Gasteiger charge is 2.17. The van der Waals surface area contributed by atoms with Gasteiger partial charge in [0.2, 0.25) is 0 Å². The molecule has 14 heavy (non-hydrogen) atoms. The average Bonchev–Trinajstić information content (AvgIpc) is 2.07. The fraction of sp³-hybridized carbons (Fsp3) is 0.455. The monoisotopic (exact) mass is 257 g/mol. The number of hydrogen-bond donors (Lipinski definition) is 1. The number of benzene rings is 1. The van der Waals surface area contributed by atoms with Gasteiger partial charge in [0.05, 0.1) is 7.11 Å². The molecule has 0 unspecified atom stereocenters. The van der Waals surface area contributed by atoms with Gasteiger partial charge in [0.25, 0.3) is 0 Å². The average molecular weight is 258 g/mol. The van der Waals surface area contributed by atoms with E-state index in [1.807, 2.05) is 32.9 Å². The molecule has 0 saturated carbocycles. The lowest BCUT2D eigenvalue weighted by molar-refractivity contribution is 0.408. The van der Waals surface area contributed by atoms with Gasteiger partial charge in [-0.1, -0.05) is 15.9 Å². The van der Waals surface area contributed by atoms with E-state index in [9.17, 15) is 0 Å². The number of methoxy groups -OCH3 is 1. The first-order valence-corrected chi connectivity index (χ1v) is 5.29. The topological polar surface area (TPSA) is 35.2 Å². The third-order valence-electron chi connectivity index (χ3n) is 2.26. The zero-order valence-electron chi connectivity index (χ0n) is 9.02. The molecule has 1 rings (SSSR count). The first-order chi connectivity index (χ1) is 6.36. The molecule has 0 amide bonds. The second-order valence-electron chi connectivity index (χ2n) is 4.01. The van der Waals surface area contributed by atoms with E-state index < -0.39 is 0 Å². The van der Waals surface area contributed by atoms with Crippen molar-refractivity contribution in [2.24, 2.45) is 5.73 Å². The van der Waals surface area contributed by atoms with Crippen molar-refractivity contribution < 1.29 is 4.74 Å². The van der Waals surface area contributed by atoms with Crippen molar-refractivity contribution in [3.05, 3.63) is 27.7 Å². The van der Waals surface area contributed by atoms with Gasteiger partial charge in [0.15, 0.2) is 0 Å². The summed E-state index contributed by atoms with van der Waals surface area (Å²) in [4.78, 5) is 0. The summed E-state index contributed by atoms with van der Waals surface area (Å²) < 4.78 is 6.31. The Morgan fingerprint density at radius 1 is 1.36 bits per heavy atom. The van der Waals surface area contributed by atoms with E-state index >= 15 is 0 Å². The molecule has 78 valence electrons. The van der Waals surface area contributed by atoms with Gasteiger partial charge in [-0.05, 0) is 38.5 Å². The molecular weight excluding hydrogens is 242 g/mol. The second kappa shape index (κ2) is 3.91. The van der Waals surface area contributed by atoms with E-state index in [0.29, 0.717) is 0 Å². The number of nitrogens with two attached hydrogens (primary N) is 1. The van der Waals surface area contributed by atoms with E-state index in [-0.39, 0.29) is 5.54 Å². The van der Waals surface area contributed by atoms with Crippen LogP contribution in [0.25, 0.3) is 0 Å². The molecule has 3 heteroatoms. The minimum Gasteiger partial charge on any atom is -0.496 e. The minimum atomic E-state index is -0.344. The minimum absolute atomic E-state index is 0.344. The van der Waals surface area contributed by atoms with E-state index in [1.165, 1.54) is 0 Å². The van der Waals surface area contributed by atoms with Crippen LogP contribution in [0.4, 0.5) is 0 Å². The Kier molecular flexibility index (Phi) is 3.22. The van der Waals surface area contributed by atoms with Crippen molar-refractivity contribution in [3.8, 4) is 5.75 Å². The second-order valence-corrected chi connectivity index (χ2v) is 4.86. The first-order valence-electron chi connectivity index (χ1n) is 4.49. The highest BCUT2D eigenvalue weighted by molar-refractivity contribution is 9.10. The predicted molar refractivity (Wildman–Crippen MR) is 62.6 cm³/mol. The molecule has 2 nitrogen and oxygen atoms in total. The van der Waals surface area contributed by atoms with Crippen molar-refractivity contribution in [3.63, 3.8) is 0 Å². The molecule has 1 aromatic rings. The van der Waals surface area contributed by atoms with Crippen molar-refractivity contribution in [2.45, 2.75) is 26.3 Å². The number of ether oxygens (including phenoxy) is 1. The summed E-state index contributed by atoms with van der Waals surface area (Å²) in [7, 11) is 1.67. The van der Waals surface area contributed by atoms with Crippen LogP contribution in [0.5, 0.6) is 5.75 Å². The van der Waals surface area contributed by atoms with Crippen molar-refractivity contribution >= 4 is 15.9 Å². The Balaban J connectivity index is 3.30. The normalized spacial score (nSPS) is 11.6. The fourth-order valence-electron chi connectivity index (χ4n) is 1.24. The van der Waals surface area contributed by atoms with Crippen LogP contribution < -0.4 is 10.5 Å². The van der Waals surface area contributed by atoms with Gasteiger partial charge in [-0.25, -0.2) is 0 Å². The molecule has 0 fully saturated rings. The first kappa shape index (κ1) is 11.5. The van der Waals surface area contributed by atoms with Crippen LogP contribution in [0.15, 0.2) is 16.6 Å². The lowest BCUT2D eigenvalue weighted by Crippen LogP contribution is -2.28. The summed E-state index contributed by atoms with van der Waals surface area (Å²) >= 11 is 3.49. The molecule has 0 atom stereocenters. The summed E-state index contributed by atoms with van der Waals surface area (Å²) in [6, 6.07) is 4.03. The molecule has 0 saturated heterocycles. The predicted octanol–water partition coefficient (Wildman–Crippen LogP) is 2.96. The molecule has 0 heterocycles. The summed E-state index contributed by atoms with van der Waals surface area (Å²) in [6.07, 6.45) is 0. The Hall–Kier alpha value is -0.540. The van der Waals surface area contributed by atoms with E-state index in [4.69, 9.17) is 10.5 Å². The van der Waals surface area contributed by atoms with Gasteiger partial charge in [0, 0.05) is 15.6 Å². The highest BCUT2D eigenvalue weighted by Crippen LogP contribution is 2.31. The number of halogens is 1. The molecule has 0 aliphatic carbocycles. The molecule has 0 bridgehead atoms. The zero-order valence-corrected chi connectivity index (χ0v) is 10.6. The molecule has 1 aromatic carbocycles. The summed E-state index contributed by atoms with van der Waals surface area (Å²) in [6.45, 7) is 5.96. The van der Waals surface area contributed by atoms with Gasteiger partial charge in [-0.3, -0.25) is 0 Å². The maximum atomic E-state index is 6.02. The Morgan fingerprint density at radius 3 is 2.36 bits per heavy atom. The smallest absolute Gasteiger partial charge is 0.123 e. The van der Waals surface area contributed by atoms with Crippen LogP contribution in [0, 0.1) is 6.92 Å².